The lowest BCUT2D eigenvalue weighted by Gasteiger charge is -2.17. The molecule has 0 bridgehead atoms. The molecule has 2 aromatic rings. The highest BCUT2D eigenvalue weighted by atomic mass is 19.4. The largest absolute Gasteiger partial charge is 0.461 e. The van der Waals surface area contributed by atoms with Gasteiger partial charge in [-0.25, -0.2) is 9.78 Å². The van der Waals surface area contributed by atoms with Gasteiger partial charge in [0.1, 0.15) is 5.69 Å². The lowest BCUT2D eigenvalue weighted by atomic mass is 10.1. The molecule has 1 aromatic carbocycles. The SMILES string of the molecule is CCCCOC(=O)c1cncn1[C@H](C)c1ccc(C(F)(F)F)cc1. The molecule has 0 saturated carbocycles. The smallest absolute Gasteiger partial charge is 0.416 e. The van der Waals surface area contributed by atoms with Crippen LogP contribution in [0.15, 0.2) is 36.8 Å². The summed E-state index contributed by atoms with van der Waals surface area (Å²) in [7, 11) is 0. The number of aromatic nitrogens is 2. The van der Waals surface area contributed by atoms with Crippen LogP contribution >= 0.6 is 0 Å². The Balaban J connectivity index is 2.17. The van der Waals surface area contributed by atoms with Gasteiger partial charge in [0.25, 0.3) is 0 Å². The van der Waals surface area contributed by atoms with E-state index >= 15 is 0 Å². The highest BCUT2D eigenvalue weighted by Crippen LogP contribution is 2.30. The number of alkyl halides is 3. The normalized spacial score (nSPS) is 12.9. The molecule has 1 heterocycles. The lowest BCUT2D eigenvalue weighted by Crippen LogP contribution is -2.16. The Hall–Kier alpha value is -2.31. The Labute approximate surface area is 138 Å². The standard InChI is InChI=1S/C17H19F3N2O2/c1-3-4-9-24-16(23)15-10-21-11-22(15)12(2)13-5-7-14(8-6-13)17(18,19)20/h5-8,10-12H,3-4,9H2,1-2H3/t12-/m1/s1. The Morgan fingerprint density at radius 3 is 2.54 bits per heavy atom. The molecule has 0 spiro atoms. The van der Waals surface area contributed by atoms with Gasteiger partial charge in [-0.1, -0.05) is 25.5 Å². The van der Waals surface area contributed by atoms with Gasteiger partial charge in [-0.3, -0.25) is 0 Å². The van der Waals surface area contributed by atoms with E-state index in [-0.39, 0.29) is 11.7 Å². The van der Waals surface area contributed by atoms with E-state index in [9.17, 15) is 18.0 Å². The molecule has 0 aliphatic rings. The molecule has 1 atom stereocenters. The highest BCUT2D eigenvalue weighted by molar-refractivity contribution is 5.87. The van der Waals surface area contributed by atoms with Gasteiger partial charge < -0.3 is 9.30 Å². The number of halogens is 3. The van der Waals surface area contributed by atoms with Crippen molar-refractivity contribution in [3.05, 3.63) is 53.6 Å². The lowest BCUT2D eigenvalue weighted by molar-refractivity contribution is -0.137. The van der Waals surface area contributed by atoms with Crippen molar-refractivity contribution in [3.8, 4) is 0 Å². The number of benzene rings is 1. The second kappa shape index (κ2) is 7.51. The van der Waals surface area contributed by atoms with Gasteiger partial charge in [-0.15, -0.1) is 0 Å². The minimum atomic E-state index is -4.37. The first kappa shape index (κ1) is 18.0. The molecular formula is C17H19F3N2O2. The fraction of sp³-hybridized carbons (Fsp3) is 0.412. The highest BCUT2D eigenvalue weighted by Gasteiger charge is 2.30. The zero-order valence-electron chi connectivity index (χ0n) is 13.5. The summed E-state index contributed by atoms with van der Waals surface area (Å²) in [6.45, 7) is 4.10. The molecule has 0 saturated heterocycles. The van der Waals surface area contributed by atoms with Crippen LogP contribution in [0.5, 0.6) is 0 Å². The number of esters is 1. The molecule has 0 amide bonds. The first-order valence-corrected chi connectivity index (χ1v) is 7.70. The molecule has 2 rings (SSSR count). The Morgan fingerprint density at radius 2 is 1.96 bits per heavy atom. The molecule has 4 nitrogen and oxygen atoms in total. The van der Waals surface area contributed by atoms with Gasteiger partial charge in [0.15, 0.2) is 0 Å². The summed E-state index contributed by atoms with van der Waals surface area (Å²) < 4.78 is 44.7. The molecule has 0 unspecified atom stereocenters. The summed E-state index contributed by atoms with van der Waals surface area (Å²) in [5.41, 5.74) is 0.213. The first-order chi connectivity index (χ1) is 11.3. The monoisotopic (exact) mass is 340 g/mol. The number of hydrogen-bond acceptors (Lipinski definition) is 3. The summed E-state index contributed by atoms with van der Waals surface area (Å²) in [5.74, 6) is -0.486. The summed E-state index contributed by atoms with van der Waals surface area (Å²) in [4.78, 5) is 16.0. The van der Waals surface area contributed by atoms with Crippen molar-refractivity contribution >= 4 is 5.97 Å². The van der Waals surface area contributed by atoms with E-state index in [0.29, 0.717) is 12.2 Å². The van der Waals surface area contributed by atoms with E-state index in [1.807, 2.05) is 6.92 Å². The average Bonchev–Trinajstić information content (AvgIpc) is 3.03. The maximum Gasteiger partial charge on any atom is 0.416 e. The van der Waals surface area contributed by atoms with Crippen LogP contribution in [0, 0.1) is 0 Å². The van der Waals surface area contributed by atoms with Crippen molar-refractivity contribution < 1.29 is 22.7 Å². The van der Waals surface area contributed by atoms with Crippen molar-refractivity contribution in [1.82, 2.24) is 9.55 Å². The number of unbranched alkanes of at least 4 members (excludes halogenated alkanes) is 1. The van der Waals surface area contributed by atoms with Crippen LogP contribution in [0.2, 0.25) is 0 Å². The minimum absolute atomic E-state index is 0.276. The van der Waals surface area contributed by atoms with Crippen LogP contribution in [-0.2, 0) is 10.9 Å². The summed E-state index contributed by atoms with van der Waals surface area (Å²) >= 11 is 0. The van der Waals surface area contributed by atoms with Crippen LogP contribution in [0.25, 0.3) is 0 Å². The molecule has 0 radical (unpaired) electrons. The molecular weight excluding hydrogens is 321 g/mol. The number of ether oxygens (including phenoxy) is 1. The molecule has 0 N–H and O–H groups in total. The zero-order valence-corrected chi connectivity index (χ0v) is 13.5. The van der Waals surface area contributed by atoms with Crippen molar-refractivity contribution in [2.45, 2.75) is 38.9 Å². The molecule has 1 aromatic heterocycles. The second-order valence-corrected chi connectivity index (χ2v) is 5.47. The number of rotatable bonds is 6. The van der Waals surface area contributed by atoms with Crippen LogP contribution in [-0.4, -0.2) is 22.1 Å². The van der Waals surface area contributed by atoms with Gasteiger partial charge >= 0.3 is 12.1 Å². The fourth-order valence-corrected chi connectivity index (χ4v) is 2.27. The second-order valence-electron chi connectivity index (χ2n) is 5.47. The third-order valence-corrected chi connectivity index (χ3v) is 3.74. The Bertz CT molecular complexity index is 678. The quantitative estimate of drug-likeness (QED) is 0.576. The number of carbonyl (C=O) groups excluding carboxylic acids is 1. The molecule has 130 valence electrons. The van der Waals surface area contributed by atoms with Gasteiger partial charge in [0, 0.05) is 0 Å². The van der Waals surface area contributed by atoms with Crippen LogP contribution < -0.4 is 0 Å². The molecule has 24 heavy (non-hydrogen) atoms. The molecule has 0 aliphatic heterocycles. The number of imidazole rings is 1. The molecule has 0 fully saturated rings. The third kappa shape index (κ3) is 4.15. The molecule has 0 aliphatic carbocycles. The van der Waals surface area contributed by atoms with Crippen LogP contribution in [0.3, 0.4) is 0 Å². The Kier molecular flexibility index (Phi) is 5.64. The third-order valence-electron chi connectivity index (χ3n) is 3.74. The van der Waals surface area contributed by atoms with Gasteiger partial charge in [-0.05, 0) is 31.0 Å². The maximum absolute atomic E-state index is 12.6. The van der Waals surface area contributed by atoms with Gasteiger partial charge in [-0.2, -0.15) is 13.2 Å². The molecule has 7 heteroatoms. The minimum Gasteiger partial charge on any atom is -0.461 e. The van der Waals surface area contributed by atoms with E-state index < -0.39 is 17.7 Å². The average molecular weight is 340 g/mol. The fourth-order valence-electron chi connectivity index (χ4n) is 2.27. The van der Waals surface area contributed by atoms with Gasteiger partial charge in [0.05, 0.1) is 30.7 Å². The summed E-state index contributed by atoms with van der Waals surface area (Å²) in [5, 5.41) is 0. The van der Waals surface area contributed by atoms with E-state index in [1.54, 1.807) is 11.5 Å². The predicted molar refractivity (Wildman–Crippen MR) is 82.7 cm³/mol. The van der Waals surface area contributed by atoms with E-state index in [0.717, 1.165) is 25.0 Å². The van der Waals surface area contributed by atoms with Crippen molar-refractivity contribution in [3.63, 3.8) is 0 Å². The summed E-state index contributed by atoms with van der Waals surface area (Å²) in [6.07, 6.45) is 0.182. The maximum atomic E-state index is 12.6. The number of carbonyl (C=O) groups is 1. The van der Waals surface area contributed by atoms with Crippen LogP contribution in [0.4, 0.5) is 13.2 Å². The van der Waals surface area contributed by atoms with E-state index in [4.69, 9.17) is 4.74 Å². The van der Waals surface area contributed by atoms with Crippen LogP contribution in [0.1, 0.15) is 54.3 Å². The summed E-state index contributed by atoms with van der Waals surface area (Å²) in [6, 6.07) is 4.52. The van der Waals surface area contributed by atoms with Gasteiger partial charge in [0.2, 0.25) is 0 Å². The van der Waals surface area contributed by atoms with E-state index in [1.165, 1.54) is 24.7 Å². The topological polar surface area (TPSA) is 44.1 Å². The Morgan fingerprint density at radius 1 is 1.29 bits per heavy atom. The van der Waals surface area contributed by atoms with E-state index in [2.05, 4.69) is 4.98 Å². The number of nitrogens with zero attached hydrogens (tertiary/aromatic N) is 2. The van der Waals surface area contributed by atoms with Crippen molar-refractivity contribution in [1.29, 1.82) is 0 Å². The predicted octanol–water partition coefficient (Wildman–Crippen LogP) is 4.47. The number of hydrogen-bond donors (Lipinski definition) is 0. The first-order valence-electron chi connectivity index (χ1n) is 7.70. The van der Waals surface area contributed by atoms with Crippen molar-refractivity contribution in [2.75, 3.05) is 6.61 Å². The van der Waals surface area contributed by atoms with Crippen molar-refractivity contribution in [2.24, 2.45) is 0 Å². The zero-order chi connectivity index (χ0) is 17.7.